The Morgan fingerprint density at radius 1 is 0.794 bits per heavy atom. The minimum absolute atomic E-state index is 0.00258. The van der Waals surface area contributed by atoms with Crippen molar-refractivity contribution < 1.29 is 30.3 Å². The van der Waals surface area contributed by atoms with Crippen LogP contribution in [0.1, 0.15) is 76.7 Å². The molecule has 0 saturated heterocycles. The van der Waals surface area contributed by atoms with Crippen molar-refractivity contribution in [2.24, 2.45) is 0 Å². The topological polar surface area (TPSA) is 122 Å². The molecule has 4 atom stereocenters. The molecular weight excluding hydrogens is 570 g/mol. The Kier molecular flexibility index (Phi) is 17.7. The van der Waals surface area contributed by atoms with Crippen LogP contribution in [0, 0.1) is 0 Å². The molecule has 1 rings (SSSR count). The molecule has 0 amide bonds. The molecule has 0 saturated carbocycles. The zero-order chi connectivity index (χ0) is 25.3. The van der Waals surface area contributed by atoms with Crippen molar-refractivity contribution in [1.82, 2.24) is 5.32 Å². The lowest BCUT2D eigenvalue weighted by Gasteiger charge is -2.25. The normalized spacial score (nSPS) is 15.2. The number of ether oxygens (including phenoxy) is 1. The predicted molar refractivity (Wildman–Crippen MR) is 142 cm³/mol. The van der Waals surface area contributed by atoms with Gasteiger partial charge in [0.2, 0.25) is 0 Å². The highest BCUT2D eigenvalue weighted by molar-refractivity contribution is 9.11. The number of hydrogen-bond donors (Lipinski definition) is 6. The maximum absolute atomic E-state index is 9.99. The molecule has 0 aliphatic rings. The highest BCUT2D eigenvalue weighted by Gasteiger charge is 2.29. The summed E-state index contributed by atoms with van der Waals surface area (Å²) in [6, 6.07) is 3.86. The number of halogens is 2. The van der Waals surface area contributed by atoms with E-state index in [2.05, 4.69) is 44.1 Å². The fraction of sp³-hybridized carbons (Fsp3) is 0.760. The van der Waals surface area contributed by atoms with Gasteiger partial charge in [0.25, 0.3) is 0 Å². The summed E-state index contributed by atoms with van der Waals surface area (Å²) in [5, 5.41) is 50.8. The third-order valence-electron chi connectivity index (χ3n) is 5.81. The van der Waals surface area contributed by atoms with Gasteiger partial charge in [-0.1, -0.05) is 64.7 Å². The molecule has 34 heavy (non-hydrogen) atoms. The third kappa shape index (κ3) is 12.6. The monoisotopic (exact) mass is 611 g/mol. The zero-order valence-electron chi connectivity index (χ0n) is 20.3. The van der Waals surface area contributed by atoms with E-state index in [0.717, 1.165) is 26.7 Å². The van der Waals surface area contributed by atoms with Crippen LogP contribution in [0.25, 0.3) is 0 Å². The maximum atomic E-state index is 9.99. The van der Waals surface area contributed by atoms with Crippen LogP contribution >= 0.6 is 31.9 Å². The Hall–Kier alpha value is -0.260. The van der Waals surface area contributed by atoms with Crippen molar-refractivity contribution in [3.05, 3.63) is 26.6 Å². The van der Waals surface area contributed by atoms with E-state index in [1.54, 1.807) is 0 Å². The third-order valence-corrected chi connectivity index (χ3v) is 6.99. The molecule has 1 aromatic rings. The SMILES string of the molecule is CCCCCCCCCCCCOc1c(Br)cc(CNC[C@H](O)[C@@H](O)[C@H](O)[C@H](O)CO)cc1Br. The molecule has 0 aromatic heterocycles. The van der Waals surface area contributed by atoms with E-state index in [4.69, 9.17) is 9.84 Å². The first-order chi connectivity index (χ1) is 16.3. The number of unbranched alkanes of at least 4 members (excludes halogenated alkanes) is 9. The molecular formula is C25H43Br2NO6. The number of benzene rings is 1. The first-order valence-corrected chi connectivity index (χ1v) is 14.0. The summed E-state index contributed by atoms with van der Waals surface area (Å²) in [4.78, 5) is 0. The first kappa shape index (κ1) is 31.8. The molecule has 0 unspecified atom stereocenters. The van der Waals surface area contributed by atoms with Crippen molar-refractivity contribution in [3.63, 3.8) is 0 Å². The molecule has 0 radical (unpaired) electrons. The van der Waals surface area contributed by atoms with E-state index in [-0.39, 0.29) is 6.54 Å². The number of rotatable bonds is 20. The molecule has 1 aromatic carbocycles. The molecule has 7 nitrogen and oxygen atoms in total. The summed E-state index contributed by atoms with van der Waals surface area (Å²) in [5.41, 5.74) is 0.933. The fourth-order valence-corrected chi connectivity index (χ4v) is 5.17. The highest BCUT2D eigenvalue weighted by atomic mass is 79.9. The fourth-order valence-electron chi connectivity index (χ4n) is 3.66. The van der Waals surface area contributed by atoms with Gasteiger partial charge in [0.05, 0.1) is 28.3 Å². The molecule has 0 bridgehead atoms. The van der Waals surface area contributed by atoms with Crippen molar-refractivity contribution in [1.29, 1.82) is 0 Å². The number of aliphatic hydroxyl groups excluding tert-OH is 5. The van der Waals surface area contributed by atoms with E-state index in [0.29, 0.717) is 13.2 Å². The second-order valence-corrected chi connectivity index (χ2v) is 10.6. The van der Waals surface area contributed by atoms with Crippen molar-refractivity contribution in [3.8, 4) is 5.75 Å². The Balaban J connectivity index is 2.30. The van der Waals surface area contributed by atoms with Crippen LogP contribution in [0.3, 0.4) is 0 Å². The highest BCUT2D eigenvalue weighted by Crippen LogP contribution is 2.35. The van der Waals surface area contributed by atoms with Crippen LogP contribution in [-0.4, -0.2) is 69.7 Å². The minimum atomic E-state index is -1.63. The Bertz CT molecular complexity index is 643. The van der Waals surface area contributed by atoms with Crippen molar-refractivity contribution in [2.45, 2.75) is 102 Å². The Morgan fingerprint density at radius 2 is 1.29 bits per heavy atom. The average Bonchev–Trinajstić information content (AvgIpc) is 2.82. The van der Waals surface area contributed by atoms with Gasteiger partial charge in [-0.2, -0.15) is 0 Å². The molecule has 0 aliphatic heterocycles. The standard InChI is InChI=1S/C25H43Br2NO6/c1-2-3-4-5-6-7-8-9-10-11-12-34-25-19(26)13-18(14-20(25)27)15-28-16-21(30)23(32)24(33)22(31)17-29/h13-14,21-24,28-33H,2-12,15-17H2,1H3/t21-,22+,23+,24+/m0/s1. The van der Waals surface area contributed by atoms with Gasteiger partial charge in [-0.05, 0) is 56.0 Å². The molecule has 0 spiro atoms. The van der Waals surface area contributed by atoms with E-state index >= 15 is 0 Å². The summed E-state index contributed by atoms with van der Waals surface area (Å²) < 4.78 is 7.62. The summed E-state index contributed by atoms with van der Waals surface area (Å²) in [6.45, 7) is 2.63. The van der Waals surface area contributed by atoms with Gasteiger partial charge in [0.15, 0.2) is 0 Å². The summed E-state index contributed by atoms with van der Waals surface area (Å²) in [7, 11) is 0. The molecule has 6 N–H and O–H groups in total. The van der Waals surface area contributed by atoms with Crippen LogP contribution in [0.2, 0.25) is 0 Å². The molecule has 9 heteroatoms. The van der Waals surface area contributed by atoms with E-state index in [9.17, 15) is 20.4 Å². The molecule has 0 heterocycles. The van der Waals surface area contributed by atoms with Gasteiger partial charge in [-0.3, -0.25) is 0 Å². The summed E-state index contributed by atoms with van der Waals surface area (Å²) in [6.07, 6.45) is 6.81. The number of nitrogens with one attached hydrogen (secondary N) is 1. The Labute approximate surface area is 221 Å². The van der Waals surface area contributed by atoms with Gasteiger partial charge >= 0.3 is 0 Å². The van der Waals surface area contributed by atoms with Gasteiger partial charge < -0.3 is 35.6 Å². The van der Waals surface area contributed by atoms with E-state index < -0.39 is 31.0 Å². The number of hydrogen-bond acceptors (Lipinski definition) is 7. The van der Waals surface area contributed by atoms with Gasteiger partial charge in [-0.15, -0.1) is 0 Å². The maximum Gasteiger partial charge on any atom is 0.147 e. The molecule has 0 aliphatic carbocycles. The van der Waals surface area contributed by atoms with Crippen LogP contribution in [-0.2, 0) is 6.54 Å². The van der Waals surface area contributed by atoms with Crippen LogP contribution in [0.5, 0.6) is 5.75 Å². The van der Waals surface area contributed by atoms with Crippen molar-refractivity contribution >= 4 is 31.9 Å². The largest absolute Gasteiger partial charge is 0.491 e. The zero-order valence-corrected chi connectivity index (χ0v) is 23.4. The van der Waals surface area contributed by atoms with E-state index in [1.807, 2.05) is 12.1 Å². The van der Waals surface area contributed by atoms with Crippen LogP contribution < -0.4 is 10.1 Å². The quantitative estimate of drug-likeness (QED) is 0.123. The second kappa shape index (κ2) is 18.9. The first-order valence-electron chi connectivity index (χ1n) is 12.5. The summed E-state index contributed by atoms with van der Waals surface area (Å²) in [5.74, 6) is 0.760. The van der Waals surface area contributed by atoms with Gasteiger partial charge in [0, 0.05) is 13.1 Å². The lowest BCUT2D eigenvalue weighted by molar-refractivity contribution is -0.114. The molecule has 0 fully saturated rings. The number of aliphatic hydroxyl groups is 5. The van der Waals surface area contributed by atoms with Crippen molar-refractivity contribution in [2.75, 3.05) is 19.8 Å². The van der Waals surface area contributed by atoms with Crippen LogP contribution in [0.4, 0.5) is 0 Å². The van der Waals surface area contributed by atoms with E-state index in [1.165, 1.54) is 57.8 Å². The van der Waals surface area contributed by atoms with Crippen LogP contribution in [0.15, 0.2) is 21.1 Å². The molecule has 198 valence electrons. The lowest BCUT2D eigenvalue weighted by Crippen LogP contribution is -2.48. The van der Waals surface area contributed by atoms with Gasteiger partial charge in [-0.25, -0.2) is 0 Å². The average molecular weight is 613 g/mol. The second-order valence-electron chi connectivity index (χ2n) is 8.85. The summed E-state index contributed by atoms with van der Waals surface area (Å²) >= 11 is 7.11. The predicted octanol–water partition coefficient (Wildman–Crippen LogP) is 4.04. The Morgan fingerprint density at radius 3 is 1.82 bits per heavy atom. The van der Waals surface area contributed by atoms with Gasteiger partial charge in [0.1, 0.15) is 24.1 Å². The lowest BCUT2D eigenvalue weighted by atomic mass is 10.0. The smallest absolute Gasteiger partial charge is 0.147 e. The minimum Gasteiger partial charge on any atom is -0.491 e.